The standard InChI is InChI=1S/C16H23NO5S/c1-12(16(18)21-3)11-23(19,20)17-9-15(22-10-13(17)2)14-7-5-4-6-8-14/h4-8,12-13,15H,9-11H2,1-3H3/t12-,13-,15+/m1/s1. The van der Waals surface area contributed by atoms with Crippen LogP contribution in [0.5, 0.6) is 0 Å². The predicted octanol–water partition coefficient (Wildman–Crippen LogP) is 1.59. The van der Waals surface area contributed by atoms with Crippen molar-refractivity contribution in [3.63, 3.8) is 0 Å². The predicted molar refractivity (Wildman–Crippen MR) is 86.3 cm³/mol. The molecule has 1 saturated heterocycles. The Bertz CT molecular complexity index is 631. The minimum atomic E-state index is -3.58. The fourth-order valence-electron chi connectivity index (χ4n) is 2.67. The molecule has 0 saturated carbocycles. The number of morpholine rings is 1. The molecule has 1 aromatic carbocycles. The van der Waals surface area contributed by atoms with Gasteiger partial charge in [0, 0.05) is 12.6 Å². The van der Waals surface area contributed by atoms with Crippen LogP contribution in [0, 0.1) is 5.92 Å². The fraction of sp³-hybridized carbons (Fsp3) is 0.562. The fourth-order valence-corrected chi connectivity index (χ4v) is 4.60. The second-order valence-corrected chi connectivity index (χ2v) is 7.82. The van der Waals surface area contributed by atoms with Crippen LogP contribution in [0.2, 0.25) is 0 Å². The van der Waals surface area contributed by atoms with Gasteiger partial charge in [0.15, 0.2) is 0 Å². The maximum atomic E-state index is 12.7. The minimum absolute atomic E-state index is 0.251. The Morgan fingerprint density at radius 1 is 1.39 bits per heavy atom. The first-order valence-corrected chi connectivity index (χ1v) is 9.20. The van der Waals surface area contributed by atoms with E-state index in [0.29, 0.717) is 6.61 Å². The molecule has 0 aliphatic carbocycles. The molecule has 0 amide bonds. The number of carbonyl (C=O) groups excluding carboxylic acids is 1. The van der Waals surface area contributed by atoms with Crippen LogP contribution >= 0.6 is 0 Å². The number of methoxy groups -OCH3 is 1. The lowest BCUT2D eigenvalue weighted by Crippen LogP contribution is -2.49. The van der Waals surface area contributed by atoms with E-state index in [1.165, 1.54) is 11.4 Å². The van der Waals surface area contributed by atoms with Crippen LogP contribution in [-0.4, -0.2) is 50.7 Å². The third kappa shape index (κ3) is 4.31. The first-order valence-electron chi connectivity index (χ1n) is 7.59. The summed E-state index contributed by atoms with van der Waals surface area (Å²) >= 11 is 0. The van der Waals surface area contributed by atoms with Gasteiger partial charge in [0.05, 0.1) is 31.5 Å². The molecule has 0 radical (unpaired) electrons. The topological polar surface area (TPSA) is 72.9 Å². The minimum Gasteiger partial charge on any atom is -0.469 e. The molecule has 1 aromatic rings. The molecule has 0 bridgehead atoms. The largest absolute Gasteiger partial charge is 0.469 e. The van der Waals surface area contributed by atoms with Gasteiger partial charge in [0.2, 0.25) is 10.0 Å². The number of rotatable bonds is 5. The molecule has 6 nitrogen and oxygen atoms in total. The average Bonchev–Trinajstić information content (AvgIpc) is 2.54. The summed E-state index contributed by atoms with van der Waals surface area (Å²) in [5.74, 6) is -1.48. The van der Waals surface area contributed by atoms with Gasteiger partial charge in [-0.2, -0.15) is 4.31 Å². The Morgan fingerprint density at radius 2 is 2.04 bits per heavy atom. The van der Waals surface area contributed by atoms with Crippen molar-refractivity contribution < 1.29 is 22.7 Å². The van der Waals surface area contributed by atoms with Crippen LogP contribution < -0.4 is 0 Å². The van der Waals surface area contributed by atoms with Crippen LogP contribution in [-0.2, 0) is 24.3 Å². The SMILES string of the molecule is COC(=O)[C@H](C)CS(=O)(=O)N1C[C@@H](c2ccccc2)OC[C@H]1C. The lowest BCUT2D eigenvalue weighted by molar-refractivity contribution is -0.144. The molecule has 7 heteroatoms. The second-order valence-electron chi connectivity index (χ2n) is 5.85. The lowest BCUT2D eigenvalue weighted by Gasteiger charge is -2.37. The van der Waals surface area contributed by atoms with E-state index < -0.39 is 21.9 Å². The van der Waals surface area contributed by atoms with Gasteiger partial charge in [-0.05, 0) is 12.5 Å². The molecule has 23 heavy (non-hydrogen) atoms. The molecule has 128 valence electrons. The van der Waals surface area contributed by atoms with E-state index >= 15 is 0 Å². The molecular weight excluding hydrogens is 318 g/mol. The quantitative estimate of drug-likeness (QED) is 0.761. The third-order valence-corrected chi connectivity index (χ3v) is 6.11. The number of nitrogens with zero attached hydrogens (tertiary/aromatic N) is 1. The average molecular weight is 341 g/mol. The van der Waals surface area contributed by atoms with Crippen molar-refractivity contribution in [2.24, 2.45) is 5.92 Å². The van der Waals surface area contributed by atoms with E-state index in [4.69, 9.17) is 4.74 Å². The highest BCUT2D eigenvalue weighted by molar-refractivity contribution is 7.89. The van der Waals surface area contributed by atoms with E-state index in [1.807, 2.05) is 37.3 Å². The zero-order chi connectivity index (χ0) is 17.0. The van der Waals surface area contributed by atoms with Crippen molar-refractivity contribution in [3.05, 3.63) is 35.9 Å². The zero-order valence-corrected chi connectivity index (χ0v) is 14.5. The van der Waals surface area contributed by atoms with Gasteiger partial charge >= 0.3 is 5.97 Å². The number of benzene rings is 1. The van der Waals surface area contributed by atoms with E-state index in [9.17, 15) is 13.2 Å². The molecule has 1 heterocycles. The molecule has 0 unspecified atom stereocenters. The summed E-state index contributed by atoms with van der Waals surface area (Å²) in [5.41, 5.74) is 0.945. The number of hydrogen-bond donors (Lipinski definition) is 0. The van der Waals surface area contributed by atoms with Gasteiger partial charge in [-0.3, -0.25) is 4.79 Å². The van der Waals surface area contributed by atoms with Gasteiger partial charge < -0.3 is 9.47 Å². The van der Waals surface area contributed by atoms with Crippen molar-refractivity contribution >= 4 is 16.0 Å². The Labute approximate surface area is 137 Å². The Hall–Kier alpha value is -1.44. The normalized spacial score (nSPS) is 24.1. The molecule has 0 spiro atoms. The molecule has 1 aliphatic heterocycles. The molecule has 0 N–H and O–H groups in total. The van der Waals surface area contributed by atoms with Gasteiger partial charge in [-0.15, -0.1) is 0 Å². The van der Waals surface area contributed by atoms with Crippen molar-refractivity contribution in [2.75, 3.05) is 26.0 Å². The second kappa shape index (κ2) is 7.42. The number of esters is 1. The summed E-state index contributed by atoms with van der Waals surface area (Å²) in [4.78, 5) is 11.5. The maximum Gasteiger partial charge on any atom is 0.309 e. The molecular formula is C16H23NO5S. The highest BCUT2D eigenvalue weighted by atomic mass is 32.2. The van der Waals surface area contributed by atoms with Crippen molar-refractivity contribution in [1.82, 2.24) is 4.31 Å². The zero-order valence-electron chi connectivity index (χ0n) is 13.6. The monoisotopic (exact) mass is 341 g/mol. The summed E-state index contributed by atoms with van der Waals surface area (Å²) in [7, 11) is -2.32. The van der Waals surface area contributed by atoms with Gasteiger partial charge in [-0.1, -0.05) is 37.3 Å². The molecule has 0 aromatic heterocycles. The molecule has 1 aliphatic rings. The maximum absolute atomic E-state index is 12.7. The van der Waals surface area contributed by atoms with Crippen LogP contribution in [0.15, 0.2) is 30.3 Å². The van der Waals surface area contributed by atoms with Crippen LogP contribution in [0.1, 0.15) is 25.5 Å². The highest BCUT2D eigenvalue weighted by Crippen LogP contribution is 2.27. The summed E-state index contributed by atoms with van der Waals surface area (Å²) < 4.78 is 37.2. The summed E-state index contributed by atoms with van der Waals surface area (Å²) in [6, 6.07) is 9.28. The summed E-state index contributed by atoms with van der Waals surface area (Å²) in [5, 5.41) is 0. The van der Waals surface area contributed by atoms with Gasteiger partial charge in [0.25, 0.3) is 0 Å². The van der Waals surface area contributed by atoms with Crippen molar-refractivity contribution in [1.29, 1.82) is 0 Å². The smallest absolute Gasteiger partial charge is 0.309 e. The number of hydrogen-bond acceptors (Lipinski definition) is 5. The van der Waals surface area contributed by atoms with E-state index in [1.54, 1.807) is 6.92 Å². The number of carbonyl (C=O) groups is 1. The van der Waals surface area contributed by atoms with Crippen LogP contribution in [0.25, 0.3) is 0 Å². The first-order chi connectivity index (χ1) is 10.8. The summed E-state index contributed by atoms with van der Waals surface area (Å²) in [6.07, 6.45) is -0.296. The van der Waals surface area contributed by atoms with Crippen LogP contribution in [0.3, 0.4) is 0 Å². The van der Waals surface area contributed by atoms with Gasteiger partial charge in [0.1, 0.15) is 0 Å². The van der Waals surface area contributed by atoms with E-state index in [-0.39, 0.29) is 24.4 Å². The van der Waals surface area contributed by atoms with Gasteiger partial charge in [-0.25, -0.2) is 8.42 Å². The number of sulfonamides is 1. The first kappa shape index (κ1) is 17.9. The Balaban J connectivity index is 2.14. The highest BCUT2D eigenvalue weighted by Gasteiger charge is 2.36. The van der Waals surface area contributed by atoms with Crippen molar-refractivity contribution in [2.45, 2.75) is 26.0 Å². The molecule has 1 fully saturated rings. The molecule has 3 atom stereocenters. The molecule has 2 rings (SSSR count). The number of ether oxygens (including phenoxy) is 2. The third-order valence-electron chi connectivity index (χ3n) is 3.97. The Kier molecular flexibility index (Phi) is 5.78. The van der Waals surface area contributed by atoms with E-state index in [2.05, 4.69) is 4.74 Å². The van der Waals surface area contributed by atoms with Crippen LogP contribution in [0.4, 0.5) is 0 Å². The Morgan fingerprint density at radius 3 is 2.65 bits per heavy atom. The van der Waals surface area contributed by atoms with Crippen molar-refractivity contribution in [3.8, 4) is 0 Å². The lowest BCUT2D eigenvalue weighted by atomic mass is 10.1. The van der Waals surface area contributed by atoms with E-state index in [0.717, 1.165) is 5.56 Å². The summed E-state index contributed by atoms with van der Waals surface area (Å²) in [6.45, 7) is 3.94.